The molecule has 0 spiro atoms. The van der Waals surface area contributed by atoms with Gasteiger partial charge in [0.1, 0.15) is 45.8 Å². The van der Waals surface area contributed by atoms with Crippen molar-refractivity contribution in [3.05, 3.63) is 118 Å². The Morgan fingerprint density at radius 1 is 0.840 bits per heavy atom. The van der Waals surface area contributed by atoms with Crippen molar-refractivity contribution in [1.29, 1.82) is 0 Å². The van der Waals surface area contributed by atoms with Crippen molar-refractivity contribution in [2.45, 2.75) is 56.8 Å². The first-order valence-electron chi connectivity index (χ1n) is 16.2. The largest absolute Gasteiger partial charge is 0.508 e. The van der Waals surface area contributed by atoms with Crippen LogP contribution in [0.2, 0.25) is 0 Å². The van der Waals surface area contributed by atoms with Crippen LogP contribution >= 0.6 is 0 Å². The maximum Gasteiger partial charge on any atom is 0.199 e. The fourth-order valence-corrected chi connectivity index (χ4v) is 7.37. The number of hydrogen-bond acceptors (Lipinski definition) is 10. The third kappa shape index (κ3) is 5.61. The minimum Gasteiger partial charge on any atom is -0.508 e. The van der Waals surface area contributed by atoms with Crippen molar-refractivity contribution >= 4 is 17.6 Å². The van der Waals surface area contributed by atoms with E-state index in [0.717, 1.165) is 5.57 Å². The molecular weight excluding hydrogens is 640 g/mol. The second-order valence-corrected chi connectivity index (χ2v) is 13.7. The smallest absolute Gasteiger partial charge is 0.199 e. The molecule has 0 unspecified atom stereocenters. The molecule has 10 nitrogen and oxygen atoms in total. The summed E-state index contributed by atoms with van der Waals surface area (Å²) in [5.41, 5.74) is 1.84. The summed E-state index contributed by atoms with van der Waals surface area (Å²) in [6, 6.07) is 15.9. The Hall–Kier alpha value is -5.74. The molecule has 50 heavy (non-hydrogen) atoms. The van der Waals surface area contributed by atoms with Gasteiger partial charge in [-0.1, -0.05) is 23.8 Å². The number of carbonyl (C=O) groups excluding carboxylic acids is 2. The Labute approximate surface area is 287 Å². The molecule has 4 aromatic rings. The first-order valence-corrected chi connectivity index (χ1v) is 16.2. The lowest BCUT2D eigenvalue weighted by molar-refractivity contribution is 0.0207. The highest BCUT2D eigenvalue weighted by Crippen LogP contribution is 2.51. The van der Waals surface area contributed by atoms with Gasteiger partial charge in [-0.2, -0.15) is 0 Å². The number of carbonyl (C=O) groups is 2. The van der Waals surface area contributed by atoms with Crippen LogP contribution in [-0.2, 0) is 0 Å². The van der Waals surface area contributed by atoms with Crippen LogP contribution in [0.25, 0.3) is 6.08 Å². The van der Waals surface area contributed by atoms with Crippen LogP contribution in [0.4, 0.5) is 0 Å². The van der Waals surface area contributed by atoms with Gasteiger partial charge < -0.3 is 40.1 Å². The SMILES string of the molecule is CC1=C[C@@H](c2ccc(O)c([C@H]3Oc4cc(O)ccc4C(=O)[C@@H]3O)c2)[C@H](C(=O)c2ccc3c(c2O)C=CC(C)(C)O3)[C@@H](c2ccc(O)cc2O)C1. The summed E-state index contributed by atoms with van der Waals surface area (Å²) in [5.74, 6) is -3.82. The summed E-state index contributed by atoms with van der Waals surface area (Å²) in [6.07, 6.45) is 2.79. The van der Waals surface area contributed by atoms with Crippen LogP contribution in [0.1, 0.15) is 88.1 Å². The van der Waals surface area contributed by atoms with Gasteiger partial charge >= 0.3 is 0 Å². The molecule has 0 saturated heterocycles. The Morgan fingerprint density at radius 2 is 1.58 bits per heavy atom. The molecule has 2 heterocycles. The van der Waals surface area contributed by atoms with Gasteiger partial charge in [0.05, 0.1) is 16.7 Å². The molecule has 7 rings (SSSR count). The number of aliphatic hydroxyl groups is 1. The predicted molar refractivity (Wildman–Crippen MR) is 183 cm³/mol. The average Bonchev–Trinajstić information content (AvgIpc) is 3.05. The van der Waals surface area contributed by atoms with Crippen molar-refractivity contribution in [1.82, 2.24) is 0 Å². The van der Waals surface area contributed by atoms with Crippen molar-refractivity contribution in [3.63, 3.8) is 0 Å². The topological polar surface area (TPSA) is 174 Å². The molecule has 1 aliphatic carbocycles. The summed E-state index contributed by atoms with van der Waals surface area (Å²) in [4.78, 5) is 28.0. The number of phenolic OH excluding ortho intramolecular Hbond substituents is 5. The zero-order valence-corrected chi connectivity index (χ0v) is 27.5. The average molecular weight is 677 g/mol. The number of ketones is 2. The van der Waals surface area contributed by atoms with E-state index in [9.17, 15) is 40.2 Å². The summed E-state index contributed by atoms with van der Waals surface area (Å²) >= 11 is 0. The molecule has 0 fully saturated rings. The van der Waals surface area contributed by atoms with E-state index in [2.05, 4.69) is 0 Å². The summed E-state index contributed by atoms with van der Waals surface area (Å²) in [7, 11) is 0. The number of Topliss-reactive ketones (excluding diaryl/α,β-unsaturated/α-hetero) is 2. The normalized spacial score (nSPS) is 23.6. The van der Waals surface area contributed by atoms with Gasteiger partial charge in [-0.05, 0) is 92.9 Å². The highest BCUT2D eigenvalue weighted by molar-refractivity contribution is 6.04. The first kappa shape index (κ1) is 32.8. The minimum atomic E-state index is -1.68. The van der Waals surface area contributed by atoms with Gasteiger partial charge in [0, 0.05) is 35.4 Å². The maximum atomic E-state index is 14.8. The number of hydrogen-bond donors (Lipinski definition) is 6. The molecule has 2 aliphatic heterocycles. The number of aromatic hydroxyl groups is 5. The summed E-state index contributed by atoms with van der Waals surface area (Å²) in [5, 5.41) is 64.7. The Morgan fingerprint density at radius 3 is 2.34 bits per heavy atom. The highest BCUT2D eigenvalue weighted by atomic mass is 16.5. The van der Waals surface area contributed by atoms with Crippen LogP contribution in [0.15, 0.2) is 84.5 Å². The molecule has 5 atom stereocenters. The number of ether oxygens (including phenoxy) is 2. The number of allylic oxidation sites excluding steroid dienone is 2. The molecule has 3 aliphatic rings. The van der Waals surface area contributed by atoms with Crippen LogP contribution in [0, 0.1) is 5.92 Å². The van der Waals surface area contributed by atoms with E-state index in [1.54, 1.807) is 36.4 Å². The van der Waals surface area contributed by atoms with E-state index < -0.39 is 47.1 Å². The van der Waals surface area contributed by atoms with Crippen LogP contribution < -0.4 is 9.47 Å². The van der Waals surface area contributed by atoms with Crippen LogP contribution in [0.5, 0.6) is 40.2 Å². The number of phenols is 5. The van der Waals surface area contributed by atoms with Crippen molar-refractivity contribution in [2.24, 2.45) is 5.92 Å². The van der Waals surface area contributed by atoms with Gasteiger partial charge in [-0.15, -0.1) is 0 Å². The number of fused-ring (bicyclic) bond motifs is 2. The molecule has 0 aromatic heterocycles. The van der Waals surface area contributed by atoms with E-state index in [-0.39, 0.29) is 51.2 Å². The summed E-state index contributed by atoms with van der Waals surface area (Å²) < 4.78 is 12.0. The van der Waals surface area contributed by atoms with E-state index >= 15 is 0 Å². The first-order chi connectivity index (χ1) is 23.7. The molecule has 256 valence electrons. The van der Waals surface area contributed by atoms with Crippen molar-refractivity contribution in [2.75, 3.05) is 0 Å². The molecule has 0 saturated carbocycles. The van der Waals surface area contributed by atoms with Crippen molar-refractivity contribution < 1.29 is 49.7 Å². The molecule has 4 aromatic carbocycles. The lowest BCUT2D eigenvalue weighted by Gasteiger charge is -2.38. The quantitative estimate of drug-likeness (QED) is 0.0975. The van der Waals surface area contributed by atoms with Crippen LogP contribution in [0.3, 0.4) is 0 Å². The predicted octanol–water partition coefficient (Wildman–Crippen LogP) is 6.79. The standard InChI is InChI=1S/C40H36O10/c1-19-14-27(20-4-10-30(43)29(16-20)39-38(48)37(47)24-8-6-22(42)18-33(24)49-39)34(28(15-19)23-7-5-21(41)17-31(23)44)36(46)26-9-11-32-25(35(26)45)12-13-40(2,3)50-32/h4-14,16-18,27-28,34,38-39,41-45,48H,15H2,1-3H3/t27-,28+,34-,38-,39+/m0/s1. The number of rotatable bonds is 5. The molecule has 0 bridgehead atoms. The molecular formula is C40H36O10. The maximum absolute atomic E-state index is 14.8. The van der Waals surface area contributed by atoms with Gasteiger partial charge in [-0.25, -0.2) is 0 Å². The fourth-order valence-electron chi connectivity index (χ4n) is 7.37. The highest BCUT2D eigenvalue weighted by Gasteiger charge is 2.43. The lowest BCUT2D eigenvalue weighted by atomic mass is 9.65. The Balaban J connectivity index is 1.36. The van der Waals surface area contributed by atoms with Gasteiger partial charge in [-0.3, -0.25) is 9.59 Å². The van der Waals surface area contributed by atoms with Gasteiger partial charge in [0.15, 0.2) is 23.8 Å². The second kappa shape index (κ2) is 12.0. The summed E-state index contributed by atoms with van der Waals surface area (Å²) in [6.45, 7) is 5.65. The molecule has 0 amide bonds. The van der Waals surface area contributed by atoms with Crippen LogP contribution in [-0.4, -0.2) is 53.9 Å². The monoisotopic (exact) mass is 676 g/mol. The Kier molecular flexibility index (Phi) is 7.87. The van der Waals surface area contributed by atoms with E-state index in [0.29, 0.717) is 28.9 Å². The number of aliphatic hydroxyl groups excluding tert-OH is 1. The third-order valence-electron chi connectivity index (χ3n) is 9.79. The van der Waals surface area contributed by atoms with Gasteiger partial charge in [0.25, 0.3) is 0 Å². The third-order valence-corrected chi connectivity index (χ3v) is 9.79. The zero-order valence-electron chi connectivity index (χ0n) is 27.5. The molecule has 6 N–H and O–H groups in total. The number of benzene rings is 4. The molecule has 10 heteroatoms. The fraction of sp³-hybridized carbons (Fsp3) is 0.250. The van der Waals surface area contributed by atoms with Crippen molar-refractivity contribution in [3.8, 4) is 40.2 Å². The lowest BCUT2D eigenvalue weighted by Crippen LogP contribution is -2.36. The molecule has 0 radical (unpaired) electrons. The van der Waals surface area contributed by atoms with E-state index in [4.69, 9.17) is 9.47 Å². The second-order valence-electron chi connectivity index (χ2n) is 13.7. The van der Waals surface area contributed by atoms with E-state index in [1.165, 1.54) is 42.5 Å². The Bertz CT molecular complexity index is 2130. The zero-order chi connectivity index (χ0) is 35.6. The minimum absolute atomic E-state index is 0.0451. The van der Waals surface area contributed by atoms with Gasteiger partial charge in [0.2, 0.25) is 0 Å². The van der Waals surface area contributed by atoms with E-state index in [1.807, 2.05) is 26.8 Å².